The van der Waals surface area contributed by atoms with Crippen LogP contribution < -0.4 is 0 Å². The number of halogens is 2. The summed E-state index contributed by atoms with van der Waals surface area (Å²) < 4.78 is 29.6. The standard InChI is InChI=1S/C24H21F2N/c1-2-3-21-23(25)13-22-19-10-8-17(16-6-4-15(14-27)5-7-16)12-18(19)9-11-20(22)24(21)26/h4-12,21,23-24H,2-3,13H2,1H3/t21-,23+,24?/m1/s1. The molecule has 3 aromatic rings. The third kappa shape index (κ3) is 3.10. The van der Waals surface area contributed by atoms with Crippen LogP contribution in [0.2, 0.25) is 0 Å². The topological polar surface area (TPSA) is 23.8 Å². The molecule has 1 aliphatic rings. The molecule has 0 saturated carbocycles. The summed E-state index contributed by atoms with van der Waals surface area (Å²) >= 11 is 0. The second-order valence-corrected chi connectivity index (χ2v) is 7.33. The number of benzene rings is 3. The van der Waals surface area contributed by atoms with Crippen molar-refractivity contribution in [3.63, 3.8) is 0 Å². The van der Waals surface area contributed by atoms with Gasteiger partial charge in [0.05, 0.1) is 11.6 Å². The van der Waals surface area contributed by atoms with Gasteiger partial charge in [-0.3, -0.25) is 0 Å². The molecule has 3 atom stereocenters. The lowest BCUT2D eigenvalue weighted by Crippen LogP contribution is -2.29. The van der Waals surface area contributed by atoms with Gasteiger partial charge >= 0.3 is 0 Å². The Hall–Kier alpha value is -2.73. The summed E-state index contributed by atoms with van der Waals surface area (Å²) in [5.41, 5.74) is 4.13. The van der Waals surface area contributed by atoms with E-state index in [1.807, 2.05) is 43.3 Å². The van der Waals surface area contributed by atoms with E-state index in [1.54, 1.807) is 12.1 Å². The first-order valence-electron chi connectivity index (χ1n) is 9.46. The van der Waals surface area contributed by atoms with Gasteiger partial charge < -0.3 is 0 Å². The van der Waals surface area contributed by atoms with Crippen LogP contribution in [-0.4, -0.2) is 6.17 Å². The van der Waals surface area contributed by atoms with Gasteiger partial charge in [-0.2, -0.15) is 5.26 Å². The highest BCUT2D eigenvalue weighted by molar-refractivity contribution is 5.91. The SMILES string of the molecule is CCC[C@H]1C(F)c2ccc3cc(-c4ccc(C#N)cc4)ccc3c2C[C@@H]1F. The second kappa shape index (κ2) is 7.12. The molecule has 0 aliphatic heterocycles. The monoisotopic (exact) mass is 361 g/mol. The van der Waals surface area contributed by atoms with E-state index in [0.717, 1.165) is 33.9 Å². The molecule has 0 heterocycles. The minimum atomic E-state index is -1.23. The molecule has 136 valence electrons. The summed E-state index contributed by atoms with van der Waals surface area (Å²) in [6, 6.07) is 19.3. The molecular weight excluding hydrogens is 340 g/mol. The highest BCUT2D eigenvalue weighted by Crippen LogP contribution is 2.43. The molecule has 3 aromatic carbocycles. The second-order valence-electron chi connectivity index (χ2n) is 7.33. The third-order valence-corrected chi connectivity index (χ3v) is 5.67. The van der Waals surface area contributed by atoms with Gasteiger partial charge in [-0.25, -0.2) is 8.78 Å². The van der Waals surface area contributed by atoms with Gasteiger partial charge in [0.25, 0.3) is 0 Å². The predicted molar refractivity (Wildman–Crippen MR) is 105 cm³/mol. The zero-order chi connectivity index (χ0) is 19.0. The van der Waals surface area contributed by atoms with Crippen LogP contribution in [0.3, 0.4) is 0 Å². The summed E-state index contributed by atoms with van der Waals surface area (Å²) in [6.45, 7) is 1.97. The van der Waals surface area contributed by atoms with Gasteiger partial charge in [0, 0.05) is 12.3 Å². The molecule has 0 aromatic heterocycles. The fourth-order valence-electron chi connectivity index (χ4n) is 4.23. The number of nitriles is 1. The molecule has 4 rings (SSSR count). The Labute approximate surface area is 158 Å². The van der Waals surface area contributed by atoms with Gasteiger partial charge in [0.15, 0.2) is 0 Å². The lowest BCUT2D eigenvalue weighted by molar-refractivity contribution is 0.103. The predicted octanol–water partition coefficient (Wildman–Crippen LogP) is 6.70. The minimum absolute atomic E-state index is 0.286. The van der Waals surface area contributed by atoms with Crippen LogP contribution in [0.25, 0.3) is 21.9 Å². The van der Waals surface area contributed by atoms with Crippen molar-refractivity contribution in [1.82, 2.24) is 0 Å². The van der Waals surface area contributed by atoms with Crippen LogP contribution in [0, 0.1) is 17.2 Å². The van der Waals surface area contributed by atoms with Gasteiger partial charge in [0.2, 0.25) is 0 Å². The van der Waals surface area contributed by atoms with Crippen LogP contribution in [-0.2, 0) is 6.42 Å². The first-order valence-corrected chi connectivity index (χ1v) is 9.46. The summed E-state index contributed by atoms with van der Waals surface area (Å²) in [5, 5.41) is 10.9. The van der Waals surface area contributed by atoms with E-state index in [9.17, 15) is 8.78 Å². The molecule has 0 saturated heterocycles. The number of fused-ring (bicyclic) bond motifs is 3. The quantitative estimate of drug-likeness (QED) is 0.509. The van der Waals surface area contributed by atoms with E-state index in [4.69, 9.17) is 5.26 Å². The van der Waals surface area contributed by atoms with Crippen LogP contribution >= 0.6 is 0 Å². The van der Waals surface area contributed by atoms with Crippen molar-refractivity contribution in [3.8, 4) is 17.2 Å². The van der Waals surface area contributed by atoms with Crippen LogP contribution in [0.15, 0.2) is 54.6 Å². The molecule has 0 N–H and O–H groups in total. The Kier molecular flexibility index (Phi) is 4.66. The van der Waals surface area contributed by atoms with Crippen molar-refractivity contribution >= 4 is 10.8 Å². The molecule has 0 radical (unpaired) electrons. The van der Waals surface area contributed by atoms with E-state index >= 15 is 0 Å². The van der Waals surface area contributed by atoms with Gasteiger partial charge in [-0.15, -0.1) is 0 Å². The molecular formula is C24H21F2N. The van der Waals surface area contributed by atoms with Gasteiger partial charge in [-0.1, -0.05) is 49.7 Å². The molecule has 0 fully saturated rings. The van der Waals surface area contributed by atoms with E-state index in [0.29, 0.717) is 17.5 Å². The van der Waals surface area contributed by atoms with Crippen molar-refractivity contribution in [1.29, 1.82) is 5.26 Å². The number of rotatable bonds is 3. The minimum Gasteiger partial charge on any atom is -0.247 e. The Morgan fingerprint density at radius 1 is 1.00 bits per heavy atom. The maximum atomic E-state index is 15.0. The van der Waals surface area contributed by atoms with E-state index in [1.165, 1.54) is 0 Å². The van der Waals surface area contributed by atoms with Crippen LogP contribution in [0.5, 0.6) is 0 Å². The van der Waals surface area contributed by atoms with Gasteiger partial charge in [0.1, 0.15) is 12.3 Å². The van der Waals surface area contributed by atoms with E-state index in [2.05, 4.69) is 12.1 Å². The number of nitrogens with zero attached hydrogens (tertiary/aromatic N) is 1. The first kappa shape index (κ1) is 17.7. The normalized spacial score (nSPS) is 21.6. The maximum Gasteiger partial charge on any atom is 0.131 e. The molecule has 0 amide bonds. The average molecular weight is 361 g/mol. The highest BCUT2D eigenvalue weighted by Gasteiger charge is 2.37. The Morgan fingerprint density at radius 3 is 2.44 bits per heavy atom. The first-order chi connectivity index (χ1) is 13.1. The van der Waals surface area contributed by atoms with Crippen molar-refractivity contribution in [2.24, 2.45) is 5.92 Å². The number of alkyl halides is 2. The van der Waals surface area contributed by atoms with Crippen molar-refractivity contribution < 1.29 is 8.78 Å². The van der Waals surface area contributed by atoms with Gasteiger partial charge in [-0.05, 0) is 57.6 Å². The van der Waals surface area contributed by atoms with E-state index < -0.39 is 18.3 Å². The third-order valence-electron chi connectivity index (χ3n) is 5.67. The molecule has 27 heavy (non-hydrogen) atoms. The molecule has 1 unspecified atom stereocenters. The summed E-state index contributed by atoms with van der Waals surface area (Å²) in [4.78, 5) is 0. The zero-order valence-corrected chi connectivity index (χ0v) is 15.3. The number of hydrogen-bond acceptors (Lipinski definition) is 1. The van der Waals surface area contributed by atoms with Crippen LogP contribution in [0.4, 0.5) is 8.78 Å². The highest BCUT2D eigenvalue weighted by atomic mass is 19.1. The maximum absolute atomic E-state index is 15.0. The molecule has 0 bridgehead atoms. The fourth-order valence-corrected chi connectivity index (χ4v) is 4.23. The Bertz CT molecular complexity index is 1020. The molecule has 1 aliphatic carbocycles. The van der Waals surface area contributed by atoms with Crippen LogP contribution in [0.1, 0.15) is 42.6 Å². The Balaban J connectivity index is 1.76. The van der Waals surface area contributed by atoms with E-state index in [-0.39, 0.29) is 6.42 Å². The average Bonchev–Trinajstić information content (AvgIpc) is 2.70. The Morgan fingerprint density at radius 2 is 1.74 bits per heavy atom. The summed E-state index contributed by atoms with van der Waals surface area (Å²) in [6.07, 6.45) is -0.698. The summed E-state index contributed by atoms with van der Waals surface area (Å²) in [5.74, 6) is -0.530. The van der Waals surface area contributed by atoms with Crippen molar-refractivity contribution in [2.75, 3.05) is 0 Å². The largest absolute Gasteiger partial charge is 0.247 e. The molecule has 3 heteroatoms. The fraction of sp³-hybridized carbons (Fsp3) is 0.292. The smallest absolute Gasteiger partial charge is 0.131 e. The lowest BCUT2D eigenvalue weighted by Gasteiger charge is -2.32. The zero-order valence-electron chi connectivity index (χ0n) is 15.3. The van der Waals surface area contributed by atoms with Crippen molar-refractivity contribution in [2.45, 2.75) is 38.5 Å². The molecule has 0 spiro atoms. The number of hydrogen-bond donors (Lipinski definition) is 0. The molecule has 1 nitrogen and oxygen atoms in total. The lowest BCUT2D eigenvalue weighted by atomic mass is 9.77. The van der Waals surface area contributed by atoms with Crippen molar-refractivity contribution in [3.05, 3.63) is 71.3 Å². The summed E-state index contributed by atoms with van der Waals surface area (Å²) in [7, 11) is 0.